The molecule has 34 heavy (non-hydrogen) atoms. The van der Waals surface area contributed by atoms with E-state index >= 15 is 0 Å². The monoisotopic (exact) mass is 478 g/mol. The second kappa shape index (κ2) is 13.7. The van der Waals surface area contributed by atoms with Gasteiger partial charge in [0.1, 0.15) is 0 Å². The maximum absolute atomic E-state index is 6.04. The number of hydrogen-bond acceptors (Lipinski definition) is 0. The minimum Gasteiger partial charge on any atom is -0.0843 e. The van der Waals surface area contributed by atoms with Crippen molar-refractivity contribution in [2.24, 2.45) is 17.8 Å². The van der Waals surface area contributed by atoms with Crippen LogP contribution < -0.4 is 0 Å². The molecule has 0 nitrogen and oxygen atoms in total. The summed E-state index contributed by atoms with van der Waals surface area (Å²) < 4.78 is 0. The molecule has 2 fully saturated rings. The van der Waals surface area contributed by atoms with Crippen LogP contribution in [0.3, 0.4) is 0 Å². The number of rotatable bonds is 11. The molecule has 0 saturated heterocycles. The van der Waals surface area contributed by atoms with Gasteiger partial charge in [0.25, 0.3) is 0 Å². The topological polar surface area (TPSA) is 0 Å². The Labute approximate surface area is 214 Å². The Morgan fingerprint density at radius 1 is 0.559 bits per heavy atom. The van der Waals surface area contributed by atoms with Crippen molar-refractivity contribution < 1.29 is 0 Å². The molecular formula is C33H47Cl. The Kier molecular flexibility index (Phi) is 10.4. The lowest BCUT2D eigenvalue weighted by molar-refractivity contribution is 0.222. The molecule has 0 heterocycles. The van der Waals surface area contributed by atoms with Crippen molar-refractivity contribution in [1.82, 2.24) is 0 Å². The van der Waals surface area contributed by atoms with Crippen LogP contribution in [0.15, 0.2) is 48.5 Å². The highest BCUT2D eigenvalue weighted by Gasteiger charge is 2.25. The average molecular weight is 479 g/mol. The predicted molar refractivity (Wildman–Crippen MR) is 150 cm³/mol. The lowest BCUT2D eigenvalue weighted by atomic mass is 9.74. The molecule has 0 amide bonds. The van der Waals surface area contributed by atoms with Crippen molar-refractivity contribution in [2.45, 2.75) is 116 Å². The summed E-state index contributed by atoms with van der Waals surface area (Å²) in [5.41, 5.74) is 4.09. The number of benzene rings is 2. The van der Waals surface area contributed by atoms with Gasteiger partial charge in [-0.3, -0.25) is 0 Å². The van der Waals surface area contributed by atoms with Crippen LogP contribution in [0.5, 0.6) is 0 Å². The zero-order valence-corrected chi connectivity index (χ0v) is 22.4. The van der Waals surface area contributed by atoms with Crippen LogP contribution in [-0.2, 0) is 0 Å². The molecule has 0 aromatic heterocycles. The predicted octanol–water partition coefficient (Wildman–Crippen LogP) is 11.2. The van der Waals surface area contributed by atoms with Gasteiger partial charge in [-0.1, -0.05) is 132 Å². The number of halogens is 1. The van der Waals surface area contributed by atoms with Crippen LogP contribution in [0.4, 0.5) is 0 Å². The zero-order valence-electron chi connectivity index (χ0n) is 21.6. The second-order valence-corrected chi connectivity index (χ2v) is 11.9. The summed E-state index contributed by atoms with van der Waals surface area (Å²) in [4.78, 5) is 0. The van der Waals surface area contributed by atoms with Crippen molar-refractivity contribution in [1.29, 1.82) is 0 Å². The summed E-state index contributed by atoms with van der Waals surface area (Å²) in [5.74, 6) is 3.85. The molecule has 0 spiro atoms. The molecule has 2 aliphatic rings. The summed E-state index contributed by atoms with van der Waals surface area (Å²) in [6.07, 6.45) is 23.5. The molecule has 1 heteroatoms. The minimum absolute atomic E-state index is 0.767. The van der Waals surface area contributed by atoms with Gasteiger partial charge in [-0.2, -0.15) is 0 Å². The molecule has 0 unspecified atom stereocenters. The third-order valence-corrected chi connectivity index (χ3v) is 9.32. The summed E-state index contributed by atoms with van der Waals surface area (Å²) in [6, 6.07) is 17.5. The highest BCUT2D eigenvalue weighted by atomic mass is 35.5. The highest BCUT2D eigenvalue weighted by Crippen LogP contribution is 2.40. The standard InChI is InChI=1S/C33H47Cl/c1-2-3-4-5-6-7-26-8-10-27(11-9-26)12-13-28-14-16-29(17-15-28)30-18-20-31(21-19-30)32-22-24-33(34)25-23-32/h18-29H,2-17H2,1H3. The number of unbranched alkanes of at least 4 members (excludes halogenated alkanes) is 4. The highest BCUT2D eigenvalue weighted by molar-refractivity contribution is 6.30. The van der Waals surface area contributed by atoms with E-state index in [0.29, 0.717) is 0 Å². The first-order valence-corrected chi connectivity index (χ1v) is 14.9. The van der Waals surface area contributed by atoms with Gasteiger partial charge in [-0.15, -0.1) is 0 Å². The van der Waals surface area contributed by atoms with Crippen molar-refractivity contribution in [3.05, 3.63) is 59.1 Å². The Bertz CT molecular complexity index is 805. The van der Waals surface area contributed by atoms with E-state index < -0.39 is 0 Å². The molecule has 2 aliphatic carbocycles. The fourth-order valence-corrected chi connectivity index (χ4v) is 6.82. The van der Waals surface area contributed by atoms with Gasteiger partial charge in [0, 0.05) is 5.02 Å². The third kappa shape index (κ3) is 7.87. The van der Waals surface area contributed by atoms with E-state index in [1.807, 2.05) is 12.1 Å². The first kappa shape index (κ1) is 25.8. The van der Waals surface area contributed by atoms with Gasteiger partial charge < -0.3 is 0 Å². The number of hydrogen-bond donors (Lipinski definition) is 0. The van der Waals surface area contributed by atoms with E-state index in [-0.39, 0.29) is 0 Å². The first-order chi connectivity index (χ1) is 16.7. The molecular weight excluding hydrogens is 432 g/mol. The van der Waals surface area contributed by atoms with Gasteiger partial charge >= 0.3 is 0 Å². The molecule has 4 rings (SSSR count). The van der Waals surface area contributed by atoms with E-state index in [1.54, 1.807) is 5.56 Å². The molecule has 0 bridgehead atoms. The largest absolute Gasteiger partial charge is 0.0843 e. The maximum atomic E-state index is 6.04. The first-order valence-electron chi connectivity index (χ1n) is 14.6. The lowest BCUT2D eigenvalue weighted by Gasteiger charge is -2.32. The van der Waals surface area contributed by atoms with Gasteiger partial charge in [0.2, 0.25) is 0 Å². The average Bonchev–Trinajstić information content (AvgIpc) is 2.89. The maximum Gasteiger partial charge on any atom is 0.0406 e. The van der Waals surface area contributed by atoms with E-state index in [2.05, 4.69) is 43.3 Å². The summed E-state index contributed by atoms with van der Waals surface area (Å²) in [7, 11) is 0. The molecule has 0 N–H and O–H groups in total. The molecule has 2 aromatic carbocycles. The molecule has 186 valence electrons. The molecule has 2 saturated carbocycles. The van der Waals surface area contributed by atoms with Crippen LogP contribution >= 0.6 is 11.6 Å². The molecule has 2 aromatic rings. The Morgan fingerprint density at radius 3 is 1.59 bits per heavy atom. The summed E-state index contributed by atoms with van der Waals surface area (Å²) >= 11 is 6.04. The molecule has 0 radical (unpaired) electrons. The van der Waals surface area contributed by atoms with Crippen LogP contribution in [-0.4, -0.2) is 0 Å². The van der Waals surface area contributed by atoms with Gasteiger partial charge in [0.15, 0.2) is 0 Å². The third-order valence-electron chi connectivity index (χ3n) is 9.07. The van der Waals surface area contributed by atoms with Crippen molar-refractivity contribution in [3.63, 3.8) is 0 Å². The van der Waals surface area contributed by atoms with Crippen LogP contribution in [0.1, 0.15) is 121 Å². The smallest absolute Gasteiger partial charge is 0.0406 e. The fraction of sp³-hybridized carbons (Fsp3) is 0.636. The van der Waals surface area contributed by atoms with E-state index in [4.69, 9.17) is 11.6 Å². The van der Waals surface area contributed by atoms with E-state index in [9.17, 15) is 0 Å². The quantitative estimate of drug-likeness (QED) is 0.281. The Balaban J connectivity index is 1.12. The SMILES string of the molecule is CCCCCCCC1CCC(CCC2CCC(c3ccc(-c4ccc(Cl)cc4)cc3)CC2)CC1. The van der Waals surface area contributed by atoms with Crippen molar-refractivity contribution in [3.8, 4) is 11.1 Å². The van der Waals surface area contributed by atoms with Crippen molar-refractivity contribution in [2.75, 3.05) is 0 Å². The Morgan fingerprint density at radius 2 is 1.03 bits per heavy atom. The second-order valence-electron chi connectivity index (χ2n) is 11.5. The van der Waals surface area contributed by atoms with E-state index in [1.165, 1.54) is 114 Å². The summed E-state index contributed by atoms with van der Waals surface area (Å²) in [5, 5.41) is 0.804. The van der Waals surface area contributed by atoms with Crippen molar-refractivity contribution >= 4 is 11.6 Å². The van der Waals surface area contributed by atoms with Gasteiger partial charge in [0.05, 0.1) is 0 Å². The molecule has 0 atom stereocenters. The fourth-order valence-electron chi connectivity index (χ4n) is 6.69. The zero-order chi connectivity index (χ0) is 23.6. The van der Waals surface area contributed by atoms with Crippen LogP contribution in [0.25, 0.3) is 11.1 Å². The summed E-state index contributed by atoms with van der Waals surface area (Å²) in [6.45, 7) is 2.31. The Hall–Kier alpha value is -1.27. The van der Waals surface area contributed by atoms with Gasteiger partial charge in [-0.05, 0) is 78.2 Å². The van der Waals surface area contributed by atoms with Gasteiger partial charge in [-0.25, -0.2) is 0 Å². The van der Waals surface area contributed by atoms with Crippen LogP contribution in [0.2, 0.25) is 5.02 Å². The lowest BCUT2D eigenvalue weighted by Crippen LogP contribution is -2.17. The molecule has 0 aliphatic heterocycles. The normalized spacial score (nSPS) is 25.4. The van der Waals surface area contributed by atoms with E-state index in [0.717, 1.165) is 28.7 Å². The minimum atomic E-state index is 0.767. The van der Waals surface area contributed by atoms with Crippen LogP contribution in [0, 0.1) is 17.8 Å².